The summed E-state index contributed by atoms with van der Waals surface area (Å²) in [7, 11) is 0. The summed E-state index contributed by atoms with van der Waals surface area (Å²) in [6.07, 6.45) is 4.61. The van der Waals surface area contributed by atoms with Crippen LogP contribution in [0.2, 0.25) is 0 Å². The van der Waals surface area contributed by atoms with Crippen molar-refractivity contribution in [2.75, 3.05) is 0 Å². The topological polar surface area (TPSA) is 40.5 Å². The first-order valence-electron chi connectivity index (χ1n) is 7.50. The van der Waals surface area contributed by atoms with Gasteiger partial charge in [-0.1, -0.05) is 57.4 Å². The lowest BCUT2D eigenvalue weighted by molar-refractivity contribution is -0.0960. The maximum atomic E-state index is 10.5. The molecule has 2 rings (SSSR count). The molecule has 0 spiro atoms. The van der Waals surface area contributed by atoms with E-state index in [2.05, 4.69) is 38.1 Å². The number of aliphatic hydroxyl groups excluding tert-OH is 1. The fourth-order valence-electron chi connectivity index (χ4n) is 2.95. The molecular formula is C17H26O2. The van der Waals surface area contributed by atoms with Crippen LogP contribution in [0.15, 0.2) is 24.3 Å². The fraction of sp³-hybridized carbons (Fsp3) is 0.647. The maximum absolute atomic E-state index is 10.5. The molecule has 2 nitrogen and oxygen atoms in total. The van der Waals surface area contributed by atoms with Gasteiger partial charge < -0.3 is 10.2 Å². The van der Waals surface area contributed by atoms with Gasteiger partial charge in [0.2, 0.25) is 0 Å². The molecule has 0 bridgehead atoms. The van der Waals surface area contributed by atoms with E-state index in [1.807, 2.05) is 0 Å². The Labute approximate surface area is 116 Å². The minimum absolute atomic E-state index is 0.529. The Hall–Kier alpha value is -0.860. The fourth-order valence-corrected chi connectivity index (χ4v) is 2.95. The van der Waals surface area contributed by atoms with Crippen molar-refractivity contribution in [2.24, 2.45) is 0 Å². The third-order valence-electron chi connectivity index (χ3n) is 4.42. The Balaban J connectivity index is 1.99. The molecule has 2 heteroatoms. The van der Waals surface area contributed by atoms with E-state index >= 15 is 0 Å². The molecule has 0 aromatic heterocycles. The van der Waals surface area contributed by atoms with Crippen LogP contribution in [-0.4, -0.2) is 21.9 Å². The summed E-state index contributed by atoms with van der Waals surface area (Å²) < 4.78 is 0. The SMILES string of the molecule is CC(C)c1ccc(CC(O)C2(O)CCCCC2)cc1. The molecule has 1 saturated carbocycles. The lowest BCUT2D eigenvalue weighted by Gasteiger charge is -2.36. The van der Waals surface area contributed by atoms with Crippen molar-refractivity contribution in [3.63, 3.8) is 0 Å². The second-order valence-corrected chi connectivity index (χ2v) is 6.28. The molecule has 1 atom stereocenters. The Morgan fingerprint density at radius 2 is 1.63 bits per heavy atom. The second-order valence-electron chi connectivity index (χ2n) is 6.28. The van der Waals surface area contributed by atoms with E-state index in [0.29, 0.717) is 12.3 Å². The summed E-state index contributed by atoms with van der Waals surface area (Å²) in [6, 6.07) is 8.39. The summed E-state index contributed by atoms with van der Waals surface area (Å²) in [5.74, 6) is 0.529. The number of benzene rings is 1. The highest BCUT2D eigenvalue weighted by molar-refractivity contribution is 5.25. The van der Waals surface area contributed by atoms with Crippen LogP contribution in [0.4, 0.5) is 0 Å². The predicted octanol–water partition coefficient (Wildman–Crippen LogP) is 3.41. The Bertz CT molecular complexity index is 388. The van der Waals surface area contributed by atoms with Gasteiger partial charge >= 0.3 is 0 Å². The van der Waals surface area contributed by atoms with Gasteiger partial charge in [0, 0.05) is 6.42 Å². The van der Waals surface area contributed by atoms with Gasteiger partial charge in [-0.3, -0.25) is 0 Å². The standard InChI is InChI=1S/C17H26O2/c1-13(2)15-8-6-14(7-9-15)12-16(18)17(19)10-4-3-5-11-17/h6-9,13,16,18-19H,3-5,10-12H2,1-2H3. The summed E-state index contributed by atoms with van der Waals surface area (Å²) in [5.41, 5.74) is 1.56. The number of rotatable bonds is 4. The van der Waals surface area contributed by atoms with E-state index in [9.17, 15) is 10.2 Å². The highest BCUT2D eigenvalue weighted by Crippen LogP contribution is 2.32. The molecule has 1 aromatic rings. The minimum Gasteiger partial charge on any atom is -0.390 e. The average molecular weight is 262 g/mol. The highest BCUT2D eigenvalue weighted by Gasteiger charge is 2.36. The molecule has 1 unspecified atom stereocenters. The normalized spacial score (nSPS) is 20.5. The summed E-state index contributed by atoms with van der Waals surface area (Å²) in [4.78, 5) is 0. The largest absolute Gasteiger partial charge is 0.390 e. The summed E-state index contributed by atoms with van der Waals surface area (Å²) >= 11 is 0. The molecule has 0 saturated heterocycles. The van der Waals surface area contributed by atoms with Gasteiger partial charge in [-0.05, 0) is 29.9 Å². The molecule has 0 radical (unpaired) electrons. The van der Waals surface area contributed by atoms with Crippen molar-refractivity contribution in [3.05, 3.63) is 35.4 Å². The van der Waals surface area contributed by atoms with Gasteiger partial charge in [0.05, 0.1) is 11.7 Å². The van der Waals surface area contributed by atoms with Crippen molar-refractivity contribution >= 4 is 0 Å². The van der Waals surface area contributed by atoms with Gasteiger partial charge in [-0.15, -0.1) is 0 Å². The van der Waals surface area contributed by atoms with Gasteiger partial charge in [0.15, 0.2) is 0 Å². The van der Waals surface area contributed by atoms with E-state index < -0.39 is 11.7 Å². The Morgan fingerprint density at radius 3 is 2.16 bits per heavy atom. The lowest BCUT2D eigenvalue weighted by atomic mass is 9.79. The number of hydrogen-bond acceptors (Lipinski definition) is 2. The van der Waals surface area contributed by atoms with Crippen LogP contribution < -0.4 is 0 Å². The Morgan fingerprint density at radius 1 is 1.05 bits per heavy atom. The third-order valence-corrected chi connectivity index (χ3v) is 4.42. The summed E-state index contributed by atoms with van der Waals surface area (Å²) in [6.45, 7) is 4.35. The average Bonchev–Trinajstić information content (AvgIpc) is 2.40. The van der Waals surface area contributed by atoms with Crippen molar-refractivity contribution in [1.29, 1.82) is 0 Å². The van der Waals surface area contributed by atoms with E-state index in [-0.39, 0.29) is 0 Å². The van der Waals surface area contributed by atoms with Crippen LogP contribution in [-0.2, 0) is 6.42 Å². The molecule has 1 aromatic carbocycles. The van der Waals surface area contributed by atoms with Gasteiger partial charge in [-0.25, -0.2) is 0 Å². The number of hydrogen-bond donors (Lipinski definition) is 2. The quantitative estimate of drug-likeness (QED) is 0.873. The number of aliphatic hydroxyl groups is 2. The van der Waals surface area contributed by atoms with E-state index in [1.165, 1.54) is 12.0 Å². The van der Waals surface area contributed by atoms with Crippen LogP contribution in [0, 0.1) is 0 Å². The smallest absolute Gasteiger partial charge is 0.0908 e. The van der Waals surface area contributed by atoms with E-state index in [0.717, 1.165) is 31.2 Å². The van der Waals surface area contributed by atoms with Gasteiger partial charge in [0.1, 0.15) is 0 Å². The van der Waals surface area contributed by atoms with Crippen molar-refractivity contribution in [3.8, 4) is 0 Å². The monoisotopic (exact) mass is 262 g/mol. The molecule has 1 aliphatic carbocycles. The molecule has 0 amide bonds. The first-order valence-corrected chi connectivity index (χ1v) is 7.50. The van der Waals surface area contributed by atoms with Crippen LogP contribution in [0.25, 0.3) is 0 Å². The zero-order valence-electron chi connectivity index (χ0n) is 12.1. The molecule has 2 N–H and O–H groups in total. The van der Waals surface area contributed by atoms with Crippen LogP contribution in [0.3, 0.4) is 0 Å². The van der Waals surface area contributed by atoms with Crippen molar-refractivity contribution < 1.29 is 10.2 Å². The Kier molecular flexibility index (Phi) is 4.64. The minimum atomic E-state index is -0.866. The van der Waals surface area contributed by atoms with Crippen molar-refractivity contribution in [1.82, 2.24) is 0 Å². The third kappa shape index (κ3) is 3.58. The molecule has 106 valence electrons. The first kappa shape index (κ1) is 14.5. The highest BCUT2D eigenvalue weighted by atomic mass is 16.3. The molecule has 1 aliphatic rings. The van der Waals surface area contributed by atoms with Gasteiger partial charge in [-0.2, -0.15) is 0 Å². The molecular weight excluding hydrogens is 236 g/mol. The molecule has 0 heterocycles. The van der Waals surface area contributed by atoms with Crippen LogP contribution >= 0.6 is 0 Å². The van der Waals surface area contributed by atoms with Crippen LogP contribution in [0.1, 0.15) is 63.0 Å². The zero-order chi connectivity index (χ0) is 13.9. The molecule has 1 fully saturated rings. The van der Waals surface area contributed by atoms with Crippen molar-refractivity contribution in [2.45, 2.75) is 70.0 Å². The lowest BCUT2D eigenvalue weighted by Crippen LogP contribution is -2.45. The zero-order valence-corrected chi connectivity index (χ0v) is 12.1. The van der Waals surface area contributed by atoms with Crippen LogP contribution in [0.5, 0.6) is 0 Å². The molecule has 19 heavy (non-hydrogen) atoms. The van der Waals surface area contributed by atoms with Gasteiger partial charge in [0.25, 0.3) is 0 Å². The maximum Gasteiger partial charge on any atom is 0.0908 e. The predicted molar refractivity (Wildman–Crippen MR) is 78.3 cm³/mol. The van der Waals surface area contributed by atoms with E-state index in [4.69, 9.17) is 0 Å². The molecule has 0 aliphatic heterocycles. The second kappa shape index (κ2) is 6.06. The first-order chi connectivity index (χ1) is 9.01. The van der Waals surface area contributed by atoms with E-state index in [1.54, 1.807) is 0 Å². The summed E-state index contributed by atoms with van der Waals surface area (Å²) in [5, 5.41) is 20.8.